The van der Waals surface area contributed by atoms with E-state index in [9.17, 15) is 8.42 Å². The first kappa shape index (κ1) is 22.9. The fourth-order valence-corrected chi connectivity index (χ4v) is 4.09. The fraction of sp³-hybridized carbons (Fsp3) is 0.625. The van der Waals surface area contributed by atoms with Crippen LogP contribution in [0.1, 0.15) is 13.8 Å². The second-order valence-corrected chi connectivity index (χ2v) is 7.89. The molecule has 1 aliphatic heterocycles. The van der Waals surface area contributed by atoms with Gasteiger partial charge in [-0.3, -0.25) is 4.99 Å². The van der Waals surface area contributed by atoms with Crippen LogP contribution in [0.4, 0.5) is 5.82 Å². The van der Waals surface area contributed by atoms with E-state index in [2.05, 4.69) is 14.9 Å². The molecule has 0 radical (unpaired) electrons. The van der Waals surface area contributed by atoms with Gasteiger partial charge in [0.2, 0.25) is 10.0 Å². The van der Waals surface area contributed by atoms with Gasteiger partial charge in [0.25, 0.3) is 0 Å². The van der Waals surface area contributed by atoms with Crippen LogP contribution < -0.4 is 10.6 Å². The highest BCUT2D eigenvalue weighted by molar-refractivity contribution is 14.0. The molecule has 1 aromatic rings. The third kappa shape index (κ3) is 6.23. The van der Waals surface area contributed by atoms with Crippen molar-refractivity contribution in [2.45, 2.75) is 13.8 Å². The van der Waals surface area contributed by atoms with Crippen molar-refractivity contribution in [2.75, 3.05) is 56.5 Å². The topological polar surface area (TPSA) is 95.1 Å². The van der Waals surface area contributed by atoms with E-state index in [4.69, 9.17) is 5.73 Å². The van der Waals surface area contributed by atoms with Gasteiger partial charge < -0.3 is 15.5 Å². The average Bonchev–Trinajstić information content (AvgIpc) is 2.63. The van der Waals surface area contributed by atoms with Gasteiger partial charge in [-0.05, 0) is 26.0 Å². The third-order valence-corrected chi connectivity index (χ3v) is 6.17. The van der Waals surface area contributed by atoms with Gasteiger partial charge in [0, 0.05) is 45.5 Å². The van der Waals surface area contributed by atoms with E-state index in [0.29, 0.717) is 32.1 Å². The van der Waals surface area contributed by atoms with Crippen LogP contribution in [-0.4, -0.2) is 80.1 Å². The quantitative estimate of drug-likeness (QED) is 0.341. The van der Waals surface area contributed by atoms with Crippen molar-refractivity contribution in [1.29, 1.82) is 0 Å². The van der Waals surface area contributed by atoms with Gasteiger partial charge >= 0.3 is 0 Å². The summed E-state index contributed by atoms with van der Waals surface area (Å²) in [5, 5.41) is 0. The Kier molecular flexibility index (Phi) is 9.58. The molecule has 10 heteroatoms. The minimum atomic E-state index is -3.32. The molecule has 2 heterocycles. The first-order chi connectivity index (χ1) is 12.0. The Bertz CT molecular complexity index is 659. The molecule has 0 aromatic carbocycles. The largest absolute Gasteiger partial charge is 0.370 e. The van der Waals surface area contributed by atoms with E-state index in [-0.39, 0.29) is 36.3 Å². The van der Waals surface area contributed by atoms with Crippen molar-refractivity contribution >= 4 is 45.8 Å². The summed E-state index contributed by atoms with van der Waals surface area (Å²) in [6.07, 6.45) is 1.75. The number of aromatic nitrogens is 1. The summed E-state index contributed by atoms with van der Waals surface area (Å²) in [7, 11) is -3.32. The highest BCUT2D eigenvalue weighted by Gasteiger charge is 2.27. The molecule has 0 saturated carbocycles. The van der Waals surface area contributed by atoms with Gasteiger partial charge in [-0.2, -0.15) is 4.31 Å². The van der Waals surface area contributed by atoms with E-state index >= 15 is 0 Å². The Balaban J connectivity index is 0.00000338. The molecular formula is C16H29IN6O2S. The Morgan fingerprint density at radius 1 is 1.23 bits per heavy atom. The predicted molar refractivity (Wildman–Crippen MR) is 117 cm³/mol. The molecule has 2 N–H and O–H groups in total. The number of pyridine rings is 1. The second kappa shape index (κ2) is 10.9. The molecular weight excluding hydrogens is 467 g/mol. The maximum atomic E-state index is 12.5. The highest BCUT2D eigenvalue weighted by atomic mass is 127. The lowest BCUT2D eigenvalue weighted by Gasteiger charge is -2.34. The van der Waals surface area contributed by atoms with Crippen LogP contribution in [0.2, 0.25) is 0 Å². The first-order valence-corrected chi connectivity index (χ1v) is 10.3. The van der Waals surface area contributed by atoms with Gasteiger partial charge in [0.1, 0.15) is 5.82 Å². The van der Waals surface area contributed by atoms with Crippen LogP contribution in [0, 0.1) is 0 Å². The van der Waals surface area contributed by atoms with Crippen LogP contribution in [0.3, 0.4) is 0 Å². The van der Waals surface area contributed by atoms with Crippen molar-refractivity contribution < 1.29 is 8.42 Å². The van der Waals surface area contributed by atoms with E-state index in [1.807, 2.05) is 36.9 Å². The number of halogens is 1. The molecule has 2 rings (SSSR count). The summed E-state index contributed by atoms with van der Waals surface area (Å²) >= 11 is 0. The smallest absolute Gasteiger partial charge is 0.216 e. The normalized spacial score (nSPS) is 16.2. The minimum Gasteiger partial charge on any atom is -0.370 e. The zero-order valence-electron chi connectivity index (χ0n) is 15.4. The Morgan fingerprint density at radius 2 is 1.88 bits per heavy atom. The Morgan fingerprint density at radius 3 is 2.42 bits per heavy atom. The van der Waals surface area contributed by atoms with E-state index < -0.39 is 10.0 Å². The lowest BCUT2D eigenvalue weighted by atomic mass is 10.3. The lowest BCUT2D eigenvalue weighted by Crippen LogP contribution is -2.49. The number of hydrogen-bond acceptors (Lipinski definition) is 5. The van der Waals surface area contributed by atoms with Gasteiger partial charge in [0.05, 0.1) is 12.3 Å². The summed E-state index contributed by atoms with van der Waals surface area (Å²) in [4.78, 5) is 12.5. The van der Waals surface area contributed by atoms with E-state index in [1.54, 1.807) is 6.20 Å². The summed E-state index contributed by atoms with van der Waals surface area (Å²) in [5.41, 5.74) is 5.88. The van der Waals surface area contributed by atoms with Crippen LogP contribution >= 0.6 is 24.0 Å². The number of anilines is 1. The van der Waals surface area contributed by atoms with Crippen LogP contribution in [-0.2, 0) is 10.0 Å². The SMILES string of the molecule is CCN(CC)C(N)=NCCS(=O)(=O)N1CCN(c2ccccn2)CC1.I. The molecule has 0 spiro atoms. The van der Waals surface area contributed by atoms with Crippen LogP contribution in [0.25, 0.3) is 0 Å². The molecule has 0 bridgehead atoms. The van der Waals surface area contributed by atoms with Crippen molar-refractivity contribution in [3.63, 3.8) is 0 Å². The van der Waals surface area contributed by atoms with Crippen molar-refractivity contribution in [2.24, 2.45) is 10.7 Å². The summed E-state index contributed by atoms with van der Waals surface area (Å²) in [6.45, 7) is 7.89. The number of piperazine rings is 1. The maximum absolute atomic E-state index is 12.5. The molecule has 1 saturated heterocycles. The van der Waals surface area contributed by atoms with Crippen molar-refractivity contribution in [3.8, 4) is 0 Å². The Labute approximate surface area is 173 Å². The number of rotatable bonds is 7. The summed E-state index contributed by atoms with van der Waals surface area (Å²) < 4.78 is 26.5. The zero-order valence-corrected chi connectivity index (χ0v) is 18.6. The monoisotopic (exact) mass is 496 g/mol. The number of hydrogen-bond donors (Lipinski definition) is 1. The summed E-state index contributed by atoms with van der Waals surface area (Å²) in [5.74, 6) is 1.27. The lowest BCUT2D eigenvalue weighted by molar-refractivity contribution is 0.384. The van der Waals surface area contributed by atoms with Gasteiger partial charge in [-0.15, -0.1) is 24.0 Å². The Hall–Kier alpha value is -1.14. The molecule has 148 valence electrons. The third-order valence-electron chi connectivity index (χ3n) is 4.32. The number of sulfonamides is 1. The molecule has 0 amide bonds. The average molecular weight is 496 g/mol. The van der Waals surface area contributed by atoms with Gasteiger partial charge in [-0.25, -0.2) is 13.4 Å². The van der Waals surface area contributed by atoms with Crippen molar-refractivity contribution in [1.82, 2.24) is 14.2 Å². The molecule has 1 aromatic heterocycles. The minimum absolute atomic E-state index is 0. The van der Waals surface area contributed by atoms with Gasteiger partial charge in [-0.1, -0.05) is 6.07 Å². The molecule has 8 nitrogen and oxygen atoms in total. The maximum Gasteiger partial charge on any atom is 0.216 e. The first-order valence-electron chi connectivity index (χ1n) is 8.66. The number of nitrogens with zero attached hydrogens (tertiary/aromatic N) is 5. The molecule has 26 heavy (non-hydrogen) atoms. The predicted octanol–water partition coefficient (Wildman–Crippen LogP) is 0.808. The molecule has 1 aliphatic rings. The number of aliphatic imine (C=N–C) groups is 1. The van der Waals surface area contributed by atoms with Crippen LogP contribution in [0.5, 0.6) is 0 Å². The van der Waals surface area contributed by atoms with Crippen LogP contribution in [0.15, 0.2) is 29.4 Å². The number of guanidine groups is 1. The summed E-state index contributed by atoms with van der Waals surface area (Å²) in [6, 6.07) is 5.74. The van der Waals surface area contributed by atoms with Crippen molar-refractivity contribution in [3.05, 3.63) is 24.4 Å². The van der Waals surface area contributed by atoms with Gasteiger partial charge in [0.15, 0.2) is 5.96 Å². The second-order valence-electron chi connectivity index (χ2n) is 5.80. The van der Waals surface area contributed by atoms with E-state index in [1.165, 1.54) is 4.31 Å². The molecule has 0 unspecified atom stereocenters. The molecule has 0 atom stereocenters. The fourth-order valence-electron chi connectivity index (χ4n) is 2.79. The van der Waals surface area contributed by atoms with E-state index in [0.717, 1.165) is 18.9 Å². The zero-order chi connectivity index (χ0) is 18.3. The highest BCUT2D eigenvalue weighted by Crippen LogP contribution is 2.14. The number of nitrogens with two attached hydrogens (primary N) is 1. The molecule has 1 fully saturated rings. The standard InChI is InChI=1S/C16H28N6O2S.HI/c1-3-20(4-2)16(17)19-9-14-25(23,24)22-12-10-21(11-13-22)15-7-5-6-8-18-15;/h5-8H,3-4,9-14H2,1-2H3,(H2,17,19);1H. The molecule has 0 aliphatic carbocycles.